The van der Waals surface area contributed by atoms with Gasteiger partial charge in [-0.15, -0.1) is 0 Å². The van der Waals surface area contributed by atoms with Gasteiger partial charge in [0.2, 0.25) is 0 Å². The van der Waals surface area contributed by atoms with Crippen LogP contribution in [0.4, 0.5) is 0 Å². The van der Waals surface area contributed by atoms with Gasteiger partial charge in [0.1, 0.15) is 0 Å². The molecule has 0 saturated carbocycles. The zero-order chi connectivity index (χ0) is 10.4. The molecule has 3 atom stereocenters. The maximum atomic E-state index is 9.84. The second kappa shape index (κ2) is 6.20. The lowest BCUT2D eigenvalue weighted by Crippen LogP contribution is -2.31. The smallest absolute Gasteiger partial charge is 0.0838 e. The molecule has 1 heterocycles. The molecule has 0 aromatic carbocycles. The van der Waals surface area contributed by atoms with Crippen molar-refractivity contribution in [3.63, 3.8) is 0 Å². The Morgan fingerprint density at radius 1 is 1.29 bits per heavy atom. The Bertz CT molecular complexity index is 177. The Hall–Kier alpha value is -0.340. The van der Waals surface area contributed by atoms with E-state index in [1.807, 2.05) is 0 Å². The summed E-state index contributed by atoms with van der Waals surface area (Å²) in [4.78, 5) is 0. The van der Waals surface area contributed by atoms with Gasteiger partial charge in [0.15, 0.2) is 0 Å². The summed E-state index contributed by atoms with van der Waals surface area (Å²) in [5.41, 5.74) is 0. The lowest BCUT2D eigenvalue weighted by atomic mass is 10.1. The Morgan fingerprint density at radius 2 is 2.07 bits per heavy atom. The van der Waals surface area contributed by atoms with Crippen LogP contribution in [0, 0.1) is 0 Å². The highest BCUT2D eigenvalue weighted by atomic mass is 16.5. The van der Waals surface area contributed by atoms with Crippen LogP contribution in [0.1, 0.15) is 46.0 Å². The van der Waals surface area contributed by atoms with Crippen molar-refractivity contribution in [1.82, 2.24) is 0 Å². The fourth-order valence-corrected chi connectivity index (χ4v) is 1.86. The fourth-order valence-electron chi connectivity index (χ4n) is 1.86. The van der Waals surface area contributed by atoms with Gasteiger partial charge in [0, 0.05) is 0 Å². The first-order valence-corrected chi connectivity index (χ1v) is 5.76. The van der Waals surface area contributed by atoms with Crippen LogP contribution >= 0.6 is 0 Å². The number of rotatable bonds is 2. The number of hydrogen-bond acceptors (Lipinski definition) is 2. The molecule has 0 spiro atoms. The van der Waals surface area contributed by atoms with Gasteiger partial charge in [0.25, 0.3) is 0 Å². The van der Waals surface area contributed by atoms with Gasteiger partial charge >= 0.3 is 0 Å². The first-order valence-electron chi connectivity index (χ1n) is 5.76. The molecular weight excluding hydrogens is 176 g/mol. The van der Waals surface area contributed by atoms with Crippen LogP contribution in [-0.2, 0) is 4.74 Å². The molecular formula is C12H22O2. The number of allylic oxidation sites excluding steroid dienone is 1. The van der Waals surface area contributed by atoms with E-state index >= 15 is 0 Å². The van der Waals surface area contributed by atoms with Crippen LogP contribution in [-0.4, -0.2) is 23.4 Å². The monoisotopic (exact) mass is 198 g/mol. The van der Waals surface area contributed by atoms with E-state index in [9.17, 15) is 5.11 Å². The first-order chi connectivity index (χ1) is 6.77. The second-order valence-electron chi connectivity index (χ2n) is 3.96. The molecule has 0 aromatic rings. The molecule has 1 aliphatic rings. The average molecular weight is 198 g/mol. The van der Waals surface area contributed by atoms with E-state index in [-0.39, 0.29) is 12.2 Å². The van der Waals surface area contributed by atoms with Gasteiger partial charge < -0.3 is 9.84 Å². The molecule has 0 radical (unpaired) electrons. The summed E-state index contributed by atoms with van der Waals surface area (Å²) in [5.74, 6) is 0. The molecule has 1 N–H and O–H groups in total. The van der Waals surface area contributed by atoms with Crippen LogP contribution in [0.3, 0.4) is 0 Å². The topological polar surface area (TPSA) is 29.5 Å². The molecule has 2 nitrogen and oxygen atoms in total. The SMILES string of the molecule is CC[C@H]1CC/C=C\C[C@H](O)[C@@H](CC)O1. The zero-order valence-electron chi connectivity index (χ0n) is 9.28. The lowest BCUT2D eigenvalue weighted by molar-refractivity contribution is -0.0789. The van der Waals surface area contributed by atoms with E-state index < -0.39 is 0 Å². The minimum absolute atomic E-state index is 0.0164. The molecule has 0 aromatic heterocycles. The average Bonchev–Trinajstić information content (AvgIpc) is 2.29. The molecule has 1 rings (SSSR count). The van der Waals surface area contributed by atoms with Gasteiger partial charge in [-0.3, -0.25) is 0 Å². The van der Waals surface area contributed by atoms with Gasteiger partial charge in [-0.1, -0.05) is 26.0 Å². The summed E-state index contributed by atoms with van der Waals surface area (Å²) in [6.45, 7) is 4.22. The van der Waals surface area contributed by atoms with Gasteiger partial charge in [-0.05, 0) is 32.1 Å². The van der Waals surface area contributed by atoms with Crippen molar-refractivity contribution in [3.8, 4) is 0 Å². The molecule has 0 bridgehead atoms. The van der Waals surface area contributed by atoms with E-state index in [1.54, 1.807) is 0 Å². The fraction of sp³-hybridized carbons (Fsp3) is 0.833. The molecule has 1 aliphatic heterocycles. The minimum atomic E-state index is -0.330. The van der Waals surface area contributed by atoms with E-state index in [0.717, 1.165) is 32.1 Å². The van der Waals surface area contributed by atoms with Crippen molar-refractivity contribution < 1.29 is 9.84 Å². The Kier molecular flexibility index (Phi) is 5.20. The van der Waals surface area contributed by atoms with Crippen LogP contribution in [0.15, 0.2) is 12.2 Å². The second-order valence-corrected chi connectivity index (χ2v) is 3.96. The van der Waals surface area contributed by atoms with Gasteiger partial charge in [0.05, 0.1) is 18.3 Å². The van der Waals surface area contributed by atoms with E-state index in [2.05, 4.69) is 26.0 Å². The Balaban J connectivity index is 2.58. The van der Waals surface area contributed by atoms with Crippen molar-refractivity contribution in [2.45, 2.75) is 64.3 Å². The summed E-state index contributed by atoms with van der Waals surface area (Å²) in [7, 11) is 0. The van der Waals surface area contributed by atoms with Gasteiger partial charge in [-0.2, -0.15) is 0 Å². The third-order valence-electron chi connectivity index (χ3n) is 2.85. The molecule has 0 aliphatic carbocycles. The van der Waals surface area contributed by atoms with Crippen LogP contribution in [0.2, 0.25) is 0 Å². The normalized spacial score (nSPS) is 36.9. The van der Waals surface area contributed by atoms with Gasteiger partial charge in [-0.25, -0.2) is 0 Å². The van der Waals surface area contributed by atoms with Crippen molar-refractivity contribution in [2.24, 2.45) is 0 Å². The predicted octanol–water partition coefficient (Wildman–Crippen LogP) is 2.66. The molecule has 0 fully saturated rings. The zero-order valence-corrected chi connectivity index (χ0v) is 9.28. The lowest BCUT2D eigenvalue weighted by Gasteiger charge is -2.25. The highest BCUT2D eigenvalue weighted by Crippen LogP contribution is 2.18. The van der Waals surface area contributed by atoms with Crippen molar-refractivity contribution >= 4 is 0 Å². The first kappa shape index (κ1) is 11.7. The number of aliphatic hydroxyl groups excluding tert-OH is 1. The van der Waals surface area contributed by atoms with Crippen molar-refractivity contribution in [1.29, 1.82) is 0 Å². The molecule has 0 saturated heterocycles. The maximum absolute atomic E-state index is 9.84. The molecule has 82 valence electrons. The summed E-state index contributed by atoms with van der Waals surface area (Å²) >= 11 is 0. The highest BCUT2D eigenvalue weighted by molar-refractivity contribution is 4.88. The maximum Gasteiger partial charge on any atom is 0.0838 e. The summed E-state index contributed by atoms with van der Waals surface area (Å²) < 4.78 is 5.89. The van der Waals surface area contributed by atoms with Crippen LogP contribution < -0.4 is 0 Å². The molecule has 0 amide bonds. The standard InChI is InChI=1S/C12H22O2/c1-3-10-8-6-5-7-9-11(13)12(4-2)14-10/h5,7,10-13H,3-4,6,8-9H2,1-2H3/b7-5-/t10-,11-,12+/m0/s1. The Labute approximate surface area is 87.0 Å². The summed E-state index contributed by atoms with van der Waals surface area (Å²) in [6.07, 6.45) is 9.06. The molecule has 14 heavy (non-hydrogen) atoms. The van der Waals surface area contributed by atoms with Crippen molar-refractivity contribution in [2.75, 3.05) is 0 Å². The molecule has 0 unspecified atom stereocenters. The van der Waals surface area contributed by atoms with E-state index in [1.165, 1.54) is 0 Å². The van der Waals surface area contributed by atoms with E-state index in [0.29, 0.717) is 6.10 Å². The summed E-state index contributed by atoms with van der Waals surface area (Å²) in [5, 5.41) is 9.84. The number of ether oxygens (including phenoxy) is 1. The largest absolute Gasteiger partial charge is 0.390 e. The molecule has 2 heteroatoms. The quantitative estimate of drug-likeness (QED) is 0.691. The number of hydrogen-bond donors (Lipinski definition) is 1. The minimum Gasteiger partial charge on any atom is -0.390 e. The van der Waals surface area contributed by atoms with E-state index in [4.69, 9.17) is 4.74 Å². The summed E-state index contributed by atoms with van der Waals surface area (Å²) in [6, 6.07) is 0. The highest BCUT2D eigenvalue weighted by Gasteiger charge is 2.21. The Morgan fingerprint density at radius 3 is 2.71 bits per heavy atom. The van der Waals surface area contributed by atoms with Crippen LogP contribution in [0.25, 0.3) is 0 Å². The third-order valence-corrected chi connectivity index (χ3v) is 2.85. The number of aliphatic hydroxyl groups is 1. The van der Waals surface area contributed by atoms with Crippen LogP contribution in [0.5, 0.6) is 0 Å². The predicted molar refractivity (Wildman–Crippen MR) is 58.2 cm³/mol. The van der Waals surface area contributed by atoms with Crippen molar-refractivity contribution in [3.05, 3.63) is 12.2 Å². The third kappa shape index (κ3) is 3.43.